The third-order valence-corrected chi connectivity index (χ3v) is 2.44. The highest BCUT2D eigenvalue weighted by molar-refractivity contribution is 5.34. The molecule has 0 radical (unpaired) electrons. The van der Waals surface area contributed by atoms with E-state index in [0.717, 1.165) is 0 Å². The van der Waals surface area contributed by atoms with Gasteiger partial charge in [0.25, 0.3) is 0 Å². The molecule has 1 rings (SSSR count). The summed E-state index contributed by atoms with van der Waals surface area (Å²) in [5, 5.41) is 0. The van der Waals surface area contributed by atoms with Crippen molar-refractivity contribution in [2.24, 2.45) is 5.73 Å². The zero-order valence-electron chi connectivity index (χ0n) is 8.70. The van der Waals surface area contributed by atoms with E-state index in [1.807, 2.05) is 0 Å². The summed E-state index contributed by atoms with van der Waals surface area (Å²) in [5.74, 6) is -1.22. The van der Waals surface area contributed by atoms with Crippen LogP contribution in [0, 0.1) is 25.5 Å². The van der Waals surface area contributed by atoms with Gasteiger partial charge < -0.3 is 5.73 Å². The summed E-state index contributed by atoms with van der Waals surface area (Å²) in [6.07, 6.45) is 0. The van der Waals surface area contributed by atoms with Crippen LogP contribution in [0.3, 0.4) is 0 Å². The van der Waals surface area contributed by atoms with Crippen LogP contribution >= 0.6 is 0 Å². The minimum atomic E-state index is -0.467. The van der Waals surface area contributed by atoms with Crippen molar-refractivity contribution >= 4 is 0 Å². The van der Waals surface area contributed by atoms with Crippen LogP contribution in [0.15, 0.2) is 6.07 Å². The molecule has 2 N–H and O–H groups in total. The van der Waals surface area contributed by atoms with Crippen LogP contribution in [0.1, 0.15) is 29.5 Å². The van der Waals surface area contributed by atoms with Gasteiger partial charge in [0.05, 0.1) is 0 Å². The third-order valence-electron chi connectivity index (χ3n) is 2.44. The number of hydrogen-bond donors (Lipinski definition) is 1. The standard InChI is InChI=1S/C11H15F2N/c1-6-4-7(2)11(13)9(10(6)12)8(3)5-14/h4,8H,5,14H2,1-3H3. The second kappa shape index (κ2) is 4.05. The van der Waals surface area contributed by atoms with E-state index in [1.165, 1.54) is 6.07 Å². The molecule has 1 unspecified atom stereocenters. The van der Waals surface area contributed by atoms with Crippen LogP contribution in [0.4, 0.5) is 8.78 Å². The maximum atomic E-state index is 13.6. The predicted molar refractivity (Wildman–Crippen MR) is 53.3 cm³/mol. The average Bonchev–Trinajstić information content (AvgIpc) is 2.15. The number of hydrogen-bond acceptors (Lipinski definition) is 1. The second-order valence-electron chi connectivity index (χ2n) is 3.69. The molecule has 0 bridgehead atoms. The van der Waals surface area contributed by atoms with Crippen molar-refractivity contribution < 1.29 is 8.78 Å². The molecule has 0 saturated carbocycles. The molecular weight excluding hydrogens is 184 g/mol. The van der Waals surface area contributed by atoms with E-state index in [9.17, 15) is 8.78 Å². The Balaban J connectivity index is 3.39. The van der Waals surface area contributed by atoms with E-state index in [0.29, 0.717) is 11.1 Å². The van der Waals surface area contributed by atoms with E-state index in [2.05, 4.69) is 0 Å². The SMILES string of the molecule is Cc1cc(C)c(F)c(C(C)CN)c1F. The average molecular weight is 199 g/mol. The van der Waals surface area contributed by atoms with Crippen molar-refractivity contribution in [3.8, 4) is 0 Å². The smallest absolute Gasteiger partial charge is 0.132 e. The monoisotopic (exact) mass is 199 g/mol. The highest BCUT2D eigenvalue weighted by Crippen LogP contribution is 2.26. The van der Waals surface area contributed by atoms with Crippen molar-refractivity contribution in [1.82, 2.24) is 0 Å². The molecule has 0 heterocycles. The number of nitrogens with two attached hydrogens (primary N) is 1. The molecule has 14 heavy (non-hydrogen) atoms. The van der Waals surface area contributed by atoms with Gasteiger partial charge >= 0.3 is 0 Å². The Morgan fingerprint density at radius 3 is 2.00 bits per heavy atom. The van der Waals surface area contributed by atoms with Gasteiger partial charge in [-0.2, -0.15) is 0 Å². The number of rotatable bonds is 2. The Labute approximate surface area is 82.9 Å². The Hall–Kier alpha value is -0.960. The van der Waals surface area contributed by atoms with Gasteiger partial charge in [0.2, 0.25) is 0 Å². The maximum absolute atomic E-state index is 13.6. The summed E-state index contributed by atoms with van der Waals surface area (Å²) in [5.41, 5.74) is 6.47. The van der Waals surface area contributed by atoms with Gasteiger partial charge in [-0.3, -0.25) is 0 Å². The normalized spacial score (nSPS) is 13.0. The molecule has 1 aromatic rings. The van der Waals surface area contributed by atoms with Crippen LogP contribution in [0.25, 0.3) is 0 Å². The van der Waals surface area contributed by atoms with Gasteiger partial charge in [0.1, 0.15) is 11.6 Å². The van der Waals surface area contributed by atoms with E-state index in [1.54, 1.807) is 20.8 Å². The Bertz CT molecular complexity index is 321. The predicted octanol–water partition coefficient (Wildman–Crippen LogP) is 2.64. The van der Waals surface area contributed by atoms with E-state index in [4.69, 9.17) is 5.73 Å². The first-order valence-electron chi connectivity index (χ1n) is 4.64. The summed E-state index contributed by atoms with van der Waals surface area (Å²) < 4.78 is 27.2. The second-order valence-corrected chi connectivity index (χ2v) is 3.69. The topological polar surface area (TPSA) is 26.0 Å². The molecule has 0 saturated heterocycles. The highest BCUT2D eigenvalue weighted by atomic mass is 19.1. The maximum Gasteiger partial charge on any atom is 0.132 e. The molecule has 3 heteroatoms. The Kier molecular flexibility index (Phi) is 3.21. The van der Waals surface area contributed by atoms with Crippen molar-refractivity contribution in [3.63, 3.8) is 0 Å². The van der Waals surface area contributed by atoms with Crippen molar-refractivity contribution in [2.75, 3.05) is 6.54 Å². The molecule has 0 amide bonds. The van der Waals surface area contributed by atoms with Crippen LogP contribution in [0.5, 0.6) is 0 Å². The van der Waals surface area contributed by atoms with Crippen molar-refractivity contribution in [2.45, 2.75) is 26.7 Å². The van der Waals surface area contributed by atoms with Crippen molar-refractivity contribution in [1.29, 1.82) is 0 Å². The van der Waals surface area contributed by atoms with E-state index >= 15 is 0 Å². The molecule has 1 atom stereocenters. The molecule has 0 aromatic heterocycles. The fourth-order valence-corrected chi connectivity index (χ4v) is 1.52. The van der Waals surface area contributed by atoms with Gasteiger partial charge in [-0.25, -0.2) is 8.78 Å². The highest BCUT2D eigenvalue weighted by Gasteiger charge is 2.18. The fraction of sp³-hybridized carbons (Fsp3) is 0.455. The minimum Gasteiger partial charge on any atom is -0.330 e. The largest absolute Gasteiger partial charge is 0.330 e. The zero-order chi connectivity index (χ0) is 10.9. The first-order chi connectivity index (χ1) is 6.49. The molecule has 78 valence electrons. The van der Waals surface area contributed by atoms with Gasteiger partial charge in [0.15, 0.2) is 0 Å². The van der Waals surface area contributed by atoms with Gasteiger partial charge in [-0.1, -0.05) is 13.0 Å². The van der Waals surface area contributed by atoms with E-state index in [-0.39, 0.29) is 18.0 Å². The Morgan fingerprint density at radius 1 is 1.21 bits per heavy atom. The van der Waals surface area contributed by atoms with Crippen LogP contribution in [-0.4, -0.2) is 6.54 Å². The van der Waals surface area contributed by atoms with Gasteiger partial charge in [0, 0.05) is 5.56 Å². The Morgan fingerprint density at radius 2 is 1.64 bits per heavy atom. The summed E-state index contributed by atoms with van der Waals surface area (Å²) in [6.45, 7) is 5.24. The number of halogens is 2. The van der Waals surface area contributed by atoms with Crippen LogP contribution in [0.2, 0.25) is 0 Å². The molecule has 1 aromatic carbocycles. The first kappa shape index (κ1) is 11.1. The molecule has 0 spiro atoms. The molecule has 0 aliphatic rings. The van der Waals surface area contributed by atoms with Crippen LogP contribution < -0.4 is 5.73 Å². The fourth-order valence-electron chi connectivity index (χ4n) is 1.52. The molecule has 0 fully saturated rings. The summed E-state index contributed by atoms with van der Waals surface area (Å²) in [4.78, 5) is 0. The van der Waals surface area contributed by atoms with E-state index < -0.39 is 11.6 Å². The quantitative estimate of drug-likeness (QED) is 0.778. The lowest BCUT2D eigenvalue weighted by molar-refractivity contribution is 0.524. The number of benzene rings is 1. The van der Waals surface area contributed by atoms with Crippen molar-refractivity contribution in [3.05, 3.63) is 34.4 Å². The molecule has 0 aliphatic carbocycles. The molecule has 1 nitrogen and oxygen atoms in total. The zero-order valence-corrected chi connectivity index (χ0v) is 8.70. The number of aryl methyl sites for hydroxylation is 2. The van der Waals surface area contributed by atoms with Crippen LogP contribution in [-0.2, 0) is 0 Å². The van der Waals surface area contributed by atoms with Gasteiger partial charge in [-0.15, -0.1) is 0 Å². The third kappa shape index (κ3) is 1.77. The summed E-state index contributed by atoms with van der Waals surface area (Å²) in [6, 6.07) is 1.51. The molecular formula is C11H15F2N. The molecule has 0 aliphatic heterocycles. The lowest BCUT2D eigenvalue weighted by Crippen LogP contribution is -2.14. The lowest BCUT2D eigenvalue weighted by atomic mass is 9.95. The van der Waals surface area contributed by atoms with Gasteiger partial charge in [-0.05, 0) is 37.4 Å². The minimum absolute atomic E-state index is 0.116. The lowest BCUT2D eigenvalue weighted by Gasteiger charge is -2.14. The summed E-state index contributed by atoms with van der Waals surface area (Å²) >= 11 is 0. The first-order valence-corrected chi connectivity index (χ1v) is 4.64. The summed E-state index contributed by atoms with van der Waals surface area (Å²) in [7, 11) is 0.